The van der Waals surface area contributed by atoms with Gasteiger partial charge < -0.3 is 20.8 Å². The first-order chi connectivity index (χ1) is 8.80. The molecule has 0 heterocycles. The molecule has 0 aliphatic rings. The van der Waals surface area contributed by atoms with Crippen molar-refractivity contribution in [2.24, 2.45) is 11.7 Å². The fourth-order valence-electron chi connectivity index (χ4n) is 1.12. The van der Waals surface area contributed by atoms with Crippen molar-refractivity contribution in [3.05, 3.63) is 0 Å². The van der Waals surface area contributed by atoms with E-state index in [2.05, 4.69) is 0 Å². The van der Waals surface area contributed by atoms with E-state index in [1.54, 1.807) is 14.1 Å². The summed E-state index contributed by atoms with van der Waals surface area (Å²) in [6.07, 6.45) is -5.50. The molecule has 20 heavy (non-hydrogen) atoms. The number of carboxylic acids is 1. The van der Waals surface area contributed by atoms with Gasteiger partial charge in [-0.25, -0.2) is 4.79 Å². The van der Waals surface area contributed by atoms with Crippen molar-refractivity contribution in [2.45, 2.75) is 38.6 Å². The highest BCUT2D eigenvalue weighted by Gasteiger charge is 2.38. The molecule has 0 fully saturated rings. The van der Waals surface area contributed by atoms with E-state index in [9.17, 15) is 23.1 Å². The summed E-state index contributed by atoms with van der Waals surface area (Å²) in [5, 5.41) is 16.6. The molecular weight excluding hydrogens is 281 g/mol. The SMILES string of the molecule is CC(C)C[C@H](N)C(O)C(=O)N(C)C.O=C(O)C(F)(F)F. The molecule has 0 aromatic carbocycles. The Kier molecular flexibility index (Phi) is 9.17. The molecule has 0 aromatic rings. The lowest BCUT2D eigenvalue weighted by molar-refractivity contribution is -0.192. The van der Waals surface area contributed by atoms with Crippen LogP contribution in [-0.4, -0.2) is 59.4 Å². The summed E-state index contributed by atoms with van der Waals surface area (Å²) >= 11 is 0. The van der Waals surface area contributed by atoms with Crippen LogP contribution in [0, 0.1) is 5.92 Å². The fraction of sp³-hybridized carbons (Fsp3) is 0.818. The van der Waals surface area contributed by atoms with Crippen LogP contribution in [0.1, 0.15) is 20.3 Å². The number of hydrogen-bond acceptors (Lipinski definition) is 4. The first-order valence-electron chi connectivity index (χ1n) is 5.75. The van der Waals surface area contributed by atoms with Crippen LogP contribution in [0.25, 0.3) is 0 Å². The zero-order chi connectivity index (χ0) is 16.7. The Morgan fingerprint density at radius 3 is 1.80 bits per heavy atom. The molecule has 2 atom stereocenters. The Balaban J connectivity index is 0. The summed E-state index contributed by atoms with van der Waals surface area (Å²) in [4.78, 5) is 21.5. The van der Waals surface area contributed by atoms with Gasteiger partial charge in [0.2, 0.25) is 0 Å². The van der Waals surface area contributed by atoms with Gasteiger partial charge in [0.1, 0.15) is 6.10 Å². The van der Waals surface area contributed by atoms with Crippen molar-refractivity contribution in [3.8, 4) is 0 Å². The summed E-state index contributed by atoms with van der Waals surface area (Å²) in [6.45, 7) is 4.01. The van der Waals surface area contributed by atoms with Crippen molar-refractivity contribution >= 4 is 11.9 Å². The van der Waals surface area contributed by atoms with Gasteiger partial charge in [0, 0.05) is 20.1 Å². The van der Waals surface area contributed by atoms with Crippen LogP contribution in [0.5, 0.6) is 0 Å². The van der Waals surface area contributed by atoms with E-state index in [0.717, 1.165) is 0 Å². The predicted octanol–water partition coefficient (Wildman–Crippen LogP) is 0.442. The number of amides is 1. The number of aliphatic carboxylic acids is 1. The Bertz CT molecular complexity index is 319. The topological polar surface area (TPSA) is 104 Å². The molecule has 0 bridgehead atoms. The van der Waals surface area contributed by atoms with Crippen LogP contribution in [0.15, 0.2) is 0 Å². The van der Waals surface area contributed by atoms with Crippen molar-refractivity contribution in [3.63, 3.8) is 0 Å². The number of carboxylic acid groups (broad SMARTS) is 1. The third-order valence-corrected chi connectivity index (χ3v) is 2.09. The predicted molar refractivity (Wildman–Crippen MR) is 65.8 cm³/mol. The molecule has 0 saturated carbocycles. The van der Waals surface area contributed by atoms with Crippen LogP contribution in [-0.2, 0) is 9.59 Å². The molecule has 0 rings (SSSR count). The number of carbonyl (C=O) groups is 2. The van der Waals surface area contributed by atoms with E-state index in [-0.39, 0.29) is 5.91 Å². The Morgan fingerprint density at radius 2 is 1.60 bits per heavy atom. The average Bonchev–Trinajstić information content (AvgIpc) is 2.25. The highest BCUT2D eigenvalue weighted by atomic mass is 19.4. The van der Waals surface area contributed by atoms with Gasteiger partial charge in [-0.05, 0) is 12.3 Å². The molecule has 9 heteroatoms. The standard InChI is InChI=1S/C9H20N2O2.C2HF3O2/c1-6(2)5-7(10)8(12)9(13)11(3)4;3-2(4,5)1(6)7/h6-8,12H,5,10H2,1-4H3;(H,6,7)/t7-,8?;/m0./s1. The van der Waals surface area contributed by atoms with E-state index < -0.39 is 24.3 Å². The lowest BCUT2D eigenvalue weighted by atomic mass is 9.99. The number of hydrogen-bond donors (Lipinski definition) is 3. The molecule has 1 unspecified atom stereocenters. The molecule has 0 aliphatic heterocycles. The number of halogens is 3. The second-order valence-electron chi connectivity index (χ2n) is 4.77. The molecule has 4 N–H and O–H groups in total. The number of carbonyl (C=O) groups excluding carboxylic acids is 1. The molecule has 1 amide bonds. The minimum Gasteiger partial charge on any atom is -0.475 e. The van der Waals surface area contributed by atoms with Crippen LogP contribution >= 0.6 is 0 Å². The van der Waals surface area contributed by atoms with E-state index in [4.69, 9.17) is 15.6 Å². The van der Waals surface area contributed by atoms with Gasteiger partial charge in [0.15, 0.2) is 0 Å². The van der Waals surface area contributed by atoms with Gasteiger partial charge in [0.25, 0.3) is 5.91 Å². The summed E-state index contributed by atoms with van der Waals surface area (Å²) in [5.41, 5.74) is 5.66. The number of nitrogens with two attached hydrogens (primary N) is 1. The highest BCUT2D eigenvalue weighted by Crippen LogP contribution is 2.13. The van der Waals surface area contributed by atoms with Gasteiger partial charge in [-0.1, -0.05) is 13.8 Å². The number of likely N-dealkylation sites (N-methyl/N-ethyl adjacent to an activating group) is 1. The molecular formula is C11H21F3N2O4. The monoisotopic (exact) mass is 302 g/mol. The number of aliphatic hydroxyl groups excluding tert-OH is 1. The average molecular weight is 302 g/mol. The highest BCUT2D eigenvalue weighted by molar-refractivity contribution is 5.80. The largest absolute Gasteiger partial charge is 0.490 e. The van der Waals surface area contributed by atoms with E-state index in [0.29, 0.717) is 12.3 Å². The lowest BCUT2D eigenvalue weighted by Gasteiger charge is -2.22. The minimum absolute atomic E-state index is 0.326. The summed E-state index contributed by atoms with van der Waals surface area (Å²) in [5.74, 6) is -2.69. The van der Waals surface area contributed by atoms with Crippen LogP contribution < -0.4 is 5.73 Å². The molecule has 6 nitrogen and oxygen atoms in total. The maximum absolute atomic E-state index is 11.3. The van der Waals surface area contributed by atoms with Crippen molar-refractivity contribution in [1.82, 2.24) is 4.90 Å². The van der Waals surface area contributed by atoms with Crippen molar-refractivity contribution in [2.75, 3.05) is 14.1 Å². The molecule has 0 aliphatic carbocycles. The zero-order valence-electron chi connectivity index (χ0n) is 11.8. The summed E-state index contributed by atoms with van der Waals surface area (Å²) < 4.78 is 31.7. The zero-order valence-corrected chi connectivity index (χ0v) is 11.8. The third kappa shape index (κ3) is 9.56. The quantitative estimate of drug-likeness (QED) is 0.699. The molecule has 0 saturated heterocycles. The lowest BCUT2D eigenvalue weighted by Crippen LogP contribution is -2.46. The Hall–Kier alpha value is -1.35. The second kappa shape index (κ2) is 8.75. The van der Waals surface area contributed by atoms with Gasteiger partial charge in [-0.3, -0.25) is 4.79 Å². The molecule has 0 radical (unpaired) electrons. The number of aliphatic hydroxyl groups is 1. The summed E-state index contributed by atoms with van der Waals surface area (Å²) in [7, 11) is 3.21. The maximum Gasteiger partial charge on any atom is 0.490 e. The van der Waals surface area contributed by atoms with Gasteiger partial charge in [-0.2, -0.15) is 13.2 Å². The Morgan fingerprint density at radius 1 is 1.25 bits per heavy atom. The normalized spacial score (nSPS) is 14.1. The first-order valence-corrected chi connectivity index (χ1v) is 5.75. The first kappa shape index (κ1) is 21.0. The van der Waals surface area contributed by atoms with Crippen LogP contribution in [0.3, 0.4) is 0 Å². The molecule has 0 spiro atoms. The summed E-state index contributed by atoms with van der Waals surface area (Å²) in [6, 6.07) is -0.463. The van der Waals surface area contributed by atoms with Crippen molar-refractivity contribution in [1.29, 1.82) is 0 Å². The second-order valence-corrected chi connectivity index (χ2v) is 4.77. The van der Waals surface area contributed by atoms with Gasteiger partial charge in [0.05, 0.1) is 0 Å². The smallest absolute Gasteiger partial charge is 0.475 e. The maximum atomic E-state index is 11.3. The fourth-order valence-corrected chi connectivity index (χ4v) is 1.12. The molecule has 120 valence electrons. The van der Waals surface area contributed by atoms with Crippen molar-refractivity contribution < 1.29 is 33.0 Å². The van der Waals surface area contributed by atoms with E-state index >= 15 is 0 Å². The minimum atomic E-state index is -5.08. The van der Waals surface area contributed by atoms with Crippen LogP contribution in [0.4, 0.5) is 13.2 Å². The Labute approximate surface area is 115 Å². The molecule has 0 aromatic heterocycles. The number of rotatable bonds is 4. The van der Waals surface area contributed by atoms with Gasteiger partial charge >= 0.3 is 12.1 Å². The number of nitrogens with zero attached hydrogens (tertiary/aromatic N) is 1. The van der Waals surface area contributed by atoms with E-state index in [1.807, 2.05) is 13.8 Å². The van der Waals surface area contributed by atoms with Gasteiger partial charge in [-0.15, -0.1) is 0 Å². The van der Waals surface area contributed by atoms with Crippen LogP contribution in [0.2, 0.25) is 0 Å². The van der Waals surface area contributed by atoms with E-state index in [1.165, 1.54) is 4.90 Å². The third-order valence-electron chi connectivity index (χ3n) is 2.09. The number of alkyl halides is 3.